The van der Waals surface area contributed by atoms with Crippen LogP contribution in [0.5, 0.6) is 5.75 Å². The maximum Gasteiger partial charge on any atom is 0.237 e. The number of nitrogens with one attached hydrogen (secondary N) is 1. The van der Waals surface area contributed by atoms with Gasteiger partial charge in [-0.15, -0.1) is 10.2 Å². The van der Waals surface area contributed by atoms with Crippen molar-refractivity contribution in [2.45, 2.75) is 31.2 Å². The number of aromatic nitrogens is 3. The minimum absolute atomic E-state index is 0.0623. The first kappa shape index (κ1) is 19.9. The van der Waals surface area contributed by atoms with Crippen LogP contribution in [-0.4, -0.2) is 33.0 Å². The fourth-order valence-electron chi connectivity index (χ4n) is 2.73. The van der Waals surface area contributed by atoms with E-state index >= 15 is 0 Å². The maximum absolute atomic E-state index is 12.6. The molecule has 0 saturated carbocycles. The van der Waals surface area contributed by atoms with Crippen LogP contribution < -0.4 is 10.1 Å². The molecule has 0 saturated heterocycles. The summed E-state index contributed by atoms with van der Waals surface area (Å²) in [5.41, 5.74) is 3.93. The minimum Gasteiger partial charge on any atom is -0.497 e. The second-order valence-corrected chi connectivity index (χ2v) is 7.97. The number of hydrogen-bond acceptors (Lipinski definition) is 5. The number of hydrogen-bond donors (Lipinski definition) is 1. The Hall–Kier alpha value is -2.80. The van der Waals surface area contributed by atoms with E-state index < -0.39 is 0 Å². The number of aryl methyl sites for hydroxylation is 2. The number of rotatable bonds is 6. The van der Waals surface area contributed by atoms with Crippen molar-refractivity contribution in [2.24, 2.45) is 7.05 Å². The molecule has 28 heavy (non-hydrogen) atoms. The Morgan fingerprint density at radius 1 is 1.14 bits per heavy atom. The third kappa shape index (κ3) is 4.36. The molecule has 1 aromatic heterocycles. The summed E-state index contributed by atoms with van der Waals surface area (Å²) in [7, 11) is 3.54. The predicted molar refractivity (Wildman–Crippen MR) is 113 cm³/mol. The predicted octanol–water partition coefficient (Wildman–Crippen LogP) is 4.23. The number of nitrogens with zero attached hydrogens (tertiary/aromatic N) is 3. The van der Waals surface area contributed by atoms with E-state index in [0.29, 0.717) is 5.16 Å². The average molecular weight is 397 g/mol. The summed E-state index contributed by atoms with van der Waals surface area (Å²) < 4.78 is 7.09. The van der Waals surface area contributed by atoms with E-state index in [2.05, 4.69) is 15.5 Å². The number of thioether (sulfide) groups is 1. The van der Waals surface area contributed by atoms with E-state index in [1.807, 2.05) is 74.9 Å². The molecule has 1 atom stereocenters. The van der Waals surface area contributed by atoms with Crippen molar-refractivity contribution in [1.82, 2.24) is 14.8 Å². The highest BCUT2D eigenvalue weighted by Crippen LogP contribution is 2.27. The number of amides is 1. The van der Waals surface area contributed by atoms with Gasteiger partial charge in [-0.1, -0.05) is 23.9 Å². The summed E-state index contributed by atoms with van der Waals surface area (Å²) >= 11 is 1.38. The SMILES string of the molecule is COc1ccc(-c2nnc(S[C@H](C)C(=O)Nc3cc(C)ccc3C)n2C)cc1. The van der Waals surface area contributed by atoms with Crippen molar-refractivity contribution in [3.05, 3.63) is 53.6 Å². The Morgan fingerprint density at radius 3 is 2.54 bits per heavy atom. The molecular weight excluding hydrogens is 372 g/mol. The first-order valence-electron chi connectivity index (χ1n) is 8.97. The Kier molecular flexibility index (Phi) is 6.04. The molecule has 0 spiro atoms. The van der Waals surface area contributed by atoms with Crippen LogP contribution in [0, 0.1) is 13.8 Å². The third-order valence-corrected chi connectivity index (χ3v) is 5.62. The Balaban J connectivity index is 1.71. The molecule has 0 fully saturated rings. The van der Waals surface area contributed by atoms with E-state index in [1.54, 1.807) is 7.11 Å². The number of anilines is 1. The minimum atomic E-state index is -0.313. The van der Waals surface area contributed by atoms with E-state index in [0.717, 1.165) is 34.0 Å². The highest BCUT2D eigenvalue weighted by Gasteiger charge is 2.20. The van der Waals surface area contributed by atoms with Crippen LogP contribution in [0.15, 0.2) is 47.6 Å². The van der Waals surface area contributed by atoms with E-state index in [4.69, 9.17) is 4.74 Å². The van der Waals surface area contributed by atoms with Gasteiger partial charge in [-0.3, -0.25) is 4.79 Å². The van der Waals surface area contributed by atoms with Gasteiger partial charge in [0.15, 0.2) is 11.0 Å². The molecule has 1 N–H and O–H groups in total. The van der Waals surface area contributed by atoms with Crippen molar-refractivity contribution in [1.29, 1.82) is 0 Å². The molecule has 3 aromatic rings. The average Bonchev–Trinajstić information content (AvgIpc) is 3.05. The van der Waals surface area contributed by atoms with Gasteiger partial charge in [0.2, 0.25) is 5.91 Å². The van der Waals surface area contributed by atoms with E-state index in [-0.39, 0.29) is 11.2 Å². The van der Waals surface area contributed by atoms with Crippen molar-refractivity contribution >= 4 is 23.4 Å². The number of benzene rings is 2. The molecule has 7 heteroatoms. The Labute approximate surface area is 169 Å². The molecule has 1 amide bonds. The number of ether oxygens (including phenoxy) is 1. The highest BCUT2D eigenvalue weighted by molar-refractivity contribution is 8.00. The molecule has 146 valence electrons. The van der Waals surface area contributed by atoms with Gasteiger partial charge in [0, 0.05) is 18.3 Å². The van der Waals surface area contributed by atoms with Crippen molar-refractivity contribution in [3.63, 3.8) is 0 Å². The quantitative estimate of drug-likeness (QED) is 0.632. The molecule has 0 aliphatic heterocycles. The molecule has 2 aromatic carbocycles. The molecule has 6 nitrogen and oxygen atoms in total. The second kappa shape index (κ2) is 8.48. The molecule has 0 radical (unpaired) electrons. The Bertz CT molecular complexity index is 983. The number of methoxy groups -OCH3 is 1. The highest BCUT2D eigenvalue weighted by atomic mass is 32.2. The monoisotopic (exact) mass is 396 g/mol. The molecule has 3 rings (SSSR count). The smallest absolute Gasteiger partial charge is 0.237 e. The van der Waals surface area contributed by atoms with Crippen molar-refractivity contribution in [2.75, 3.05) is 12.4 Å². The Morgan fingerprint density at radius 2 is 1.86 bits per heavy atom. The zero-order valence-corrected chi connectivity index (χ0v) is 17.5. The molecule has 0 aliphatic carbocycles. The first-order valence-corrected chi connectivity index (χ1v) is 9.85. The summed E-state index contributed by atoms with van der Waals surface area (Å²) in [6.45, 7) is 5.86. The molecule has 0 bridgehead atoms. The standard InChI is InChI=1S/C21H24N4O2S/c1-13-6-7-14(2)18(12-13)22-20(26)15(3)28-21-24-23-19(25(21)4)16-8-10-17(27-5)11-9-16/h6-12,15H,1-5H3,(H,22,26)/t15-/m1/s1. The molecule has 0 unspecified atom stereocenters. The summed E-state index contributed by atoms with van der Waals surface area (Å²) in [5, 5.41) is 11.9. The molecule has 0 aliphatic rings. The molecular formula is C21H24N4O2S. The number of carbonyl (C=O) groups is 1. The largest absolute Gasteiger partial charge is 0.497 e. The lowest BCUT2D eigenvalue weighted by Gasteiger charge is -2.14. The van der Waals surface area contributed by atoms with Gasteiger partial charge in [0.25, 0.3) is 0 Å². The summed E-state index contributed by atoms with van der Waals surface area (Å²) in [5.74, 6) is 1.47. The van der Waals surface area contributed by atoms with Gasteiger partial charge >= 0.3 is 0 Å². The van der Waals surface area contributed by atoms with E-state index in [1.165, 1.54) is 11.8 Å². The van der Waals surface area contributed by atoms with Crippen LogP contribution in [-0.2, 0) is 11.8 Å². The maximum atomic E-state index is 12.6. The first-order chi connectivity index (χ1) is 13.4. The van der Waals surface area contributed by atoms with E-state index in [9.17, 15) is 4.79 Å². The number of carbonyl (C=O) groups excluding carboxylic acids is 1. The van der Waals surface area contributed by atoms with Gasteiger partial charge < -0.3 is 14.6 Å². The lowest BCUT2D eigenvalue weighted by molar-refractivity contribution is -0.115. The zero-order chi connectivity index (χ0) is 20.3. The molecule has 1 heterocycles. The van der Waals surface area contributed by atoms with Gasteiger partial charge in [-0.25, -0.2) is 0 Å². The fourth-order valence-corrected chi connectivity index (χ4v) is 3.54. The zero-order valence-electron chi connectivity index (χ0n) is 16.7. The van der Waals surface area contributed by atoms with Crippen molar-refractivity contribution in [3.8, 4) is 17.1 Å². The topological polar surface area (TPSA) is 69.0 Å². The third-order valence-electron chi connectivity index (χ3n) is 4.49. The van der Waals surface area contributed by atoms with Gasteiger partial charge in [0.05, 0.1) is 12.4 Å². The normalized spacial score (nSPS) is 11.9. The summed E-state index contributed by atoms with van der Waals surface area (Å²) in [4.78, 5) is 12.6. The van der Waals surface area contributed by atoms with Gasteiger partial charge in [-0.2, -0.15) is 0 Å². The lowest BCUT2D eigenvalue weighted by Crippen LogP contribution is -2.23. The van der Waals surface area contributed by atoms with Crippen LogP contribution in [0.1, 0.15) is 18.1 Å². The summed E-state index contributed by atoms with van der Waals surface area (Å²) in [6.07, 6.45) is 0. The second-order valence-electron chi connectivity index (χ2n) is 6.66. The summed E-state index contributed by atoms with van der Waals surface area (Å²) in [6, 6.07) is 13.7. The van der Waals surface area contributed by atoms with Crippen LogP contribution in [0.2, 0.25) is 0 Å². The van der Waals surface area contributed by atoms with Crippen LogP contribution in [0.25, 0.3) is 11.4 Å². The van der Waals surface area contributed by atoms with Crippen LogP contribution >= 0.6 is 11.8 Å². The lowest BCUT2D eigenvalue weighted by atomic mass is 10.1. The van der Waals surface area contributed by atoms with Crippen molar-refractivity contribution < 1.29 is 9.53 Å². The van der Waals surface area contributed by atoms with Gasteiger partial charge in [0.1, 0.15) is 5.75 Å². The fraction of sp³-hybridized carbons (Fsp3) is 0.286. The van der Waals surface area contributed by atoms with Crippen LogP contribution in [0.4, 0.5) is 5.69 Å². The van der Waals surface area contributed by atoms with Crippen LogP contribution in [0.3, 0.4) is 0 Å². The van der Waals surface area contributed by atoms with Gasteiger partial charge in [-0.05, 0) is 62.2 Å².